The van der Waals surface area contributed by atoms with Gasteiger partial charge in [0.15, 0.2) is 12.5 Å². The second-order valence-corrected chi connectivity index (χ2v) is 10.1. The molecule has 0 radical (unpaired) electrons. The summed E-state index contributed by atoms with van der Waals surface area (Å²) < 4.78 is 57.1. The molecular weight excluding hydrogens is 553 g/mol. The van der Waals surface area contributed by atoms with Crippen LogP contribution in [0.4, 0.5) is 18.9 Å². The van der Waals surface area contributed by atoms with Crippen molar-refractivity contribution in [2.24, 2.45) is 0 Å². The molecule has 2 saturated heterocycles. The Bertz CT molecular complexity index is 1520. The molecule has 0 saturated carbocycles. The summed E-state index contributed by atoms with van der Waals surface area (Å²) >= 11 is 0. The Morgan fingerprint density at radius 3 is 2.10 bits per heavy atom. The van der Waals surface area contributed by atoms with Crippen molar-refractivity contribution in [3.8, 4) is 28.4 Å². The number of hydrogen-bond acceptors (Lipinski definition) is 7. The Labute approximate surface area is 239 Å². The highest BCUT2D eigenvalue weighted by molar-refractivity contribution is 6.05. The van der Waals surface area contributed by atoms with E-state index in [4.69, 9.17) is 14.5 Å². The van der Waals surface area contributed by atoms with Crippen molar-refractivity contribution in [2.45, 2.75) is 57.3 Å². The van der Waals surface area contributed by atoms with E-state index in [9.17, 15) is 18.0 Å². The van der Waals surface area contributed by atoms with Crippen LogP contribution in [0.3, 0.4) is 0 Å². The first-order chi connectivity index (χ1) is 20.4. The molecule has 0 bridgehead atoms. The van der Waals surface area contributed by atoms with Crippen LogP contribution >= 0.6 is 0 Å². The molecule has 1 aromatic carbocycles. The number of aromatic nitrogens is 5. The molecule has 220 valence electrons. The molecule has 2 atom stereocenters. The molecule has 1 amide bonds. The summed E-state index contributed by atoms with van der Waals surface area (Å²) in [7, 11) is 0. The summed E-state index contributed by atoms with van der Waals surface area (Å²) in [4.78, 5) is 18.0. The maximum Gasteiger partial charge on any atom is 0.573 e. The molecular formula is C29H29F3N6O4. The van der Waals surface area contributed by atoms with E-state index in [1.807, 2.05) is 21.5 Å². The van der Waals surface area contributed by atoms with Crippen LogP contribution in [0.1, 0.15) is 61.3 Å². The third kappa shape index (κ3) is 6.16. The molecule has 10 nitrogen and oxygen atoms in total. The lowest BCUT2D eigenvalue weighted by Crippen LogP contribution is -2.21. The van der Waals surface area contributed by atoms with Gasteiger partial charge in [-0.1, -0.05) is 0 Å². The van der Waals surface area contributed by atoms with Crippen LogP contribution in [-0.4, -0.2) is 50.0 Å². The Morgan fingerprint density at radius 1 is 0.881 bits per heavy atom. The number of pyridine rings is 1. The summed E-state index contributed by atoms with van der Waals surface area (Å²) in [6.07, 6.45) is 5.23. The standard InChI is InChI=1S/C29H29F3N6O4/c30-29(31,32)42-21-9-7-20(8-10-21)36-28(39)19-17-22(23-11-13-34-37(23)25-5-1-3-15-40-25)27(33-18-19)24-12-14-35-38(24)26-6-2-4-16-41-26/h7-14,17-18,25-26H,1-6,15-16H2,(H,36,39). The first-order valence-corrected chi connectivity index (χ1v) is 13.8. The number of nitrogens with one attached hydrogen (secondary N) is 1. The fourth-order valence-corrected chi connectivity index (χ4v) is 5.25. The van der Waals surface area contributed by atoms with E-state index in [1.54, 1.807) is 18.5 Å². The van der Waals surface area contributed by atoms with Gasteiger partial charge in [-0.3, -0.25) is 9.78 Å². The van der Waals surface area contributed by atoms with Crippen molar-refractivity contribution in [1.29, 1.82) is 0 Å². The number of alkyl halides is 3. The average Bonchev–Trinajstić information content (AvgIpc) is 3.69. The second-order valence-electron chi connectivity index (χ2n) is 10.1. The zero-order valence-corrected chi connectivity index (χ0v) is 22.6. The topological polar surface area (TPSA) is 105 Å². The smallest absolute Gasteiger partial charge is 0.406 e. The lowest BCUT2D eigenvalue weighted by atomic mass is 10.0. The third-order valence-corrected chi connectivity index (χ3v) is 7.21. The summed E-state index contributed by atoms with van der Waals surface area (Å²) in [5, 5.41) is 11.8. The number of anilines is 1. The number of ether oxygens (including phenoxy) is 3. The van der Waals surface area contributed by atoms with Crippen molar-refractivity contribution < 1.29 is 32.2 Å². The number of carbonyl (C=O) groups excluding carboxylic acids is 1. The van der Waals surface area contributed by atoms with Gasteiger partial charge >= 0.3 is 6.36 Å². The Balaban J connectivity index is 1.35. The predicted molar refractivity (Wildman–Crippen MR) is 145 cm³/mol. The SMILES string of the molecule is O=C(Nc1ccc(OC(F)(F)F)cc1)c1cnc(-c2ccnn2C2CCCCO2)c(-c2ccnn2C2CCCCO2)c1. The Kier molecular flexibility index (Phi) is 7.94. The van der Waals surface area contributed by atoms with E-state index in [0.29, 0.717) is 30.2 Å². The quantitative estimate of drug-likeness (QED) is 0.270. The maximum absolute atomic E-state index is 13.3. The van der Waals surface area contributed by atoms with E-state index >= 15 is 0 Å². The number of nitrogens with zero attached hydrogens (tertiary/aromatic N) is 5. The number of carbonyl (C=O) groups is 1. The van der Waals surface area contributed by atoms with Gasteiger partial charge in [-0.05, 0) is 81.0 Å². The minimum absolute atomic E-state index is 0.225. The van der Waals surface area contributed by atoms with Gasteiger partial charge in [0, 0.05) is 43.1 Å². The van der Waals surface area contributed by atoms with Crippen LogP contribution < -0.4 is 10.1 Å². The zero-order valence-electron chi connectivity index (χ0n) is 22.6. The lowest BCUT2D eigenvalue weighted by Gasteiger charge is -2.26. The minimum Gasteiger partial charge on any atom is -0.406 e. The molecule has 4 aromatic rings. The number of rotatable bonds is 7. The van der Waals surface area contributed by atoms with Gasteiger partial charge < -0.3 is 19.5 Å². The summed E-state index contributed by atoms with van der Waals surface area (Å²) in [6.45, 7) is 1.29. The van der Waals surface area contributed by atoms with Crippen LogP contribution in [-0.2, 0) is 9.47 Å². The van der Waals surface area contributed by atoms with Gasteiger partial charge in [0.1, 0.15) is 5.75 Å². The molecule has 1 N–H and O–H groups in total. The van der Waals surface area contributed by atoms with Crippen molar-refractivity contribution >= 4 is 11.6 Å². The Morgan fingerprint density at radius 2 is 1.50 bits per heavy atom. The summed E-state index contributed by atoms with van der Waals surface area (Å²) in [5.74, 6) is -0.866. The van der Waals surface area contributed by atoms with Gasteiger partial charge in [-0.2, -0.15) is 10.2 Å². The Hall–Kier alpha value is -4.23. The predicted octanol–water partition coefficient (Wildman–Crippen LogP) is 6.36. The van der Waals surface area contributed by atoms with Crippen LogP contribution in [0.25, 0.3) is 22.6 Å². The molecule has 2 aliphatic heterocycles. The maximum atomic E-state index is 13.3. The molecule has 0 aliphatic carbocycles. The van der Waals surface area contributed by atoms with Gasteiger partial charge in [0.25, 0.3) is 5.91 Å². The van der Waals surface area contributed by atoms with Gasteiger partial charge in [-0.25, -0.2) is 9.36 Å². The number of hydrogen-bond donors (Lipinski definition) is 1. The van der Waals surface area contributed by atoms with Crippen molar-refractivity contribution in [2.75, 3.05) is 18.5 Å². The molecule has 2 fully saturated rings. The summed E-state index contributed by atoms with van der Waals surface area (Å²) in [6, 6.07) is 10.4. The second kappa shape index (κ2) is 11.9. The highest BCUT2D eigenvalue weighted by Crippen LogP contribution is 2.36. The molecule has 3 aromatic heterocycles. The normalized spacial score (nSPS) is 19.4. The number of amides is 1. The van der Waals surface area contributed by atoms with E-state index in [2.05, 4.69) is 20.3 Å². The molecule has 2 aliphatic rings. The molecule has 6 rings (SSSR count). The fraction of sp³-hybridized carbons (Fsp3) is 0.379. The van der Waals surface area contributed by atoms with Crippen LogP contribution in [0.5, 0.6) is 5.75 Å². The molecule has 42 heavy (non-hydrogen) atoms. The first kappa shape index (κ1) is 27.9. The van der Waals surface area contributed by atoms with Crippen LogP contribution in [0, 0.1) is 0 Å². The van der Waals surface area contributed by atoms with E-state index < -0.39 is 12.3 Å². The zero-order chi connectivity index (χ0) is 29.1. The van der Waals surface area contributed by atoms with Gasteiger partial charge in [0.2, 0.25) is 0 Å². The largest absolute Gasteiger partial charge is 0.573 e. The van der Waals surface area contributed by atoms with Gasteiger partial charge in [-0.15, -0.1) is 13.2 Å². The highest BCUT2D eigenvalue weighted by Gasteiger charge is 2.31. The van der Waals surface area contributed by atoms with Crippen molar-refractivity contribution in [3.05, 3.63) is 66.6 Å². The average molecular weight is 583 g/mol. The molecule has 5 heterocycles. The van der Waals surface area contributed by atoms with E-state index in [0.717, 1.165) is 62.0 Å². The summed E-state index contributed by atoms with van der Waals surface area (Å²) in [5.41, 5.74) is 3.27. The van der Waals surface area contributed by atoms with E-state index in [1.165, 1.54) is 18.3 Å². The van der Waals surface area contributed by atoms with E-state index in [-0.39, 0.29) is 23.8 Å². The molecule has 13 heteroatoms. The fourth-order valence-electron chi connectivity index (χ4n) is 5.25. The highest BCUT2D eigenvalue weighted by atomic mass is 19.4. The van der Waals surface area contributed by atoms with Crippen molar-refractivity contribution in [3.63, 3.8) is 0 Å². The monoisotopic (exact) mass is 582 g/mol. The van der Waals surface area contributed by atoms with Crippen LogP contribution in [0.15, 0.2) is 61.1 Å². The van der Waals surface area contributed by atoms with Gasteiger partial charge in [0.05, 0.1) is 22.6 Å². The first-order valence-electron chi connectivity index (χ1n) is 13.8. The molecule has 0 spiro atoms. The third-order valence-electron chi connectivity index (χ3n) is 7.21. The van der Waals surface area contributed by atoms with Crippen LogP contribution in [0.2, 0.25) is 0 Å². The number of halogens is 3. The number of benzene rings is 1. The van der Waals surface area contributed by atoms with Crippen molar-refractivity contribution in [1.82, 2.24) is 24.5 Å². The minimum atomic E-state index is -4.80. The lowest BCUT2D eigenvalue weighted by molar-refractivity contribution is -0.274. The molecule has 2 unspecified atom stereocenters.